The number of hydrogen-bond donors (Lipinski definition) is 1. The van der Waals surface area contributed by atoms with Crippen molar-refractivity contribution in [1.29, 1.82) is 0 Å². The number of piperidine rings is 2. The van der Waals surface area contributed by atoms with E-state index < -0.39 is 0 Å². The van der Waals surface area contributed by atoms with Gasteiger partial charge in [-0.3, -0.25) is 4.79 Å². The maximum absolute atomic E-state index is 12.8. The molecule has 1 N–H and O–H groups in total. The summed E-state index contributed by atoms with van der Waals surface area (Å²) in [7, 11) is 0. The molecule has 0 bridgehead atoms. The highest BCUT2D eigenvalue weighted by molar-refractivity contribution is 5.85. The summed E-state index contributed by atoms with van der Waals surface area (Å²) < 4.78 is 0. The number of carbonyl (C=O) groups excluding carboxylic acids is 1. The molecule has 0 saturated carbocycles. The largest absolute Gasteiger partial charge is 0.342 e. The second kappa shape index (κ2) is 8.72. The molecule has 6 heteroatoms. The van der Waals surface area contributed by atoms with Gasteiger partial charge in [-0.25, -0.2) is 0 Å². The lowest BCUT2D eigenvalue weighted by Gasteiger charge is -2.42. The van der Waals surface area contributed by atoms with E-state index in [4.69, 9.17) is 0 Å². The minimum absolute atomic E-state index is 0. The van der Waals surface area contributed by atoms with Crippen LogP contribution in [-0.2, 0) is 4.79 Å². The monoisotopic (exact) mass is 351 g/mol. The Kier molecular flexibility index (Phi) is 7.93. The number of likely N-dealkylation sites (tertiary alicyclic amines) is 2. The van der Waals surface area contributed by atoms with Crippen LogP contribution >= 0.6 is 24.8 Å². The molecule has 22 heavy (non-hydrogen) atoms. The summed E-state index contributed by atoms with van der Waals surface area (Å²) in [6.45, 7) is 8.57. The van der Waals surface area contributed by atoms with Gasteiger partial charge in [-0.2, -0.15) is 0 Å². The number of nitrogens with zero attached hydrogens (tertiary/aromatic N) is 2. The van der Waals surface area contributed by atoms with Gasteiger partial charge in [-0.05, 0) is 65.1 Å². The summed E-state index contributed by atoms with van der Waals surface area (Å²) in [4.78, 5) is 17.6. The van der Waals surface area contributed by atoms with Crippen LogP contribution in [0.4, 0.5) is 0 Å². The molecular weight excluding hydrogens is 321 g/mol. The first-order valence-corrected chi connectivity index (χ1v) is 8.43. The molecule has 3 fully saturated rings. The Labute approximate surface area is 147 Å². The summed E-state index contributed by atoms with van der Waals surface area (Å²) >= 11 is 0. The standard InChI is InChI=1S/C16H29N3O.2ClH/c1-16(7-4-8-17-13-16)15(20)19-11-5-14(6-12-19)18-9-2-3-10-18;;/h14,17H,2-13H2,1H3;2*1H. The van der Waals surface area contributed by atoms with Crippen molar-refractivity contribution in [2.24, 2.45) is 5.41 Å². The van der Waals surface area contributed by atoms with Gasteiger partial charge in [0.15, 0.2) is 0 Å². The lowest BCUT2D eigenvalue weighted by atomic mass is 9.81. The molecule has 4 nitrogen and oxygen atoms in total. The molecule has 1 unspecified atom stereocenters. The van der Waals surface area contributed by atoms with E-state index >= 15 is 0 Å². The maximum Gasteiger partial charge on any atom is 0.229 e. The van der Waals surface area contributed by atoms with Crippen molar-refractivity contribution in [3.05, 3.63) is 0 Å². The SMILES string of the molecule is CC1(C(=O)N2CCC(N3CCCC3)CC2)CCCNC1.Cl.Cl. The second-order valence-corrected chi connectivity index (χ2v) is 7.11. The van der Waals surface area contributed by atoms with E-state index in [1.807, 2.05) is 0 Å². The van der Waals surface area contributed by atoms with Gasteiger partial charge in [-0.1, -0.05) is 0 Å². The Morgan fingerprint density at radius 2 is 1.68 bits per heavy atom. The Hall–Kier alpha value is -0.0300. The minimum Gasteiger partial charge on any atom is -0.342 e. The average molecular weight is 352 g/mol. The highest BCUT2D eigenvalue weighted by atomic mass is 35.5. The van der Waals surface area contributed by atoms with E-state index in [2.05, 4.69) is 22.0 Å². The van der Waals surface area contributed by atoms with Crippen LogP contribution in [0, 0.1) is 5.41 Å². The second-order valence-electron chi connectivity index (χ2n) is 7.11. The molecule has 1 atom stereocenters. The van der Waals surface area contributed by atoms with E-state index in [0.717, 1.165) is 45.1 Å². The number of hydrogen-bond acceptors (Lipinski definition) is 3. The molecule has 0 spiro atoms. The quantitative estimate of drug-likeness (QED) is 0.828. The predicted molar refractivity (Wildman–Crippen MR) is 95.1 cm³/mol. The van der Waals surface area contributed by atoms with Crippen molar-refractivity contribution >= 4 is 30.7 Å². The molecule has 130 valence electrons. The van der Waals surface area contributed by atoms with Crippen molar-refractivity contribution in [3.63, 3.8) is 0 Å². The van der Waals surface area contributed by atoms with Crippen molar-refractivity contribution in [2.45, 2.75) is 51.5 Å². The first kappa shape index (κ1) is 20.0. The Morgan fingerprint density at radius 3 is 2.23 bits per heavy atom. The number of nitrogens with one attached hydrogen (secondary N) is 1. The number of carbonyl (C=O) groups is 1. The molecule has 3 aliphatic heterocycles. The average Bonchev–Trinajstić information content (AvgIpc) is 3.02. The van der Waals surface area contributed by atoms with Crippen LogP contribution in [0.2, 0.25) is 0 Å². The molecule has 3 aliphatic rings. The summed E-state index contributed by atoms with van der Waals surface area (Å²) in [5, 5.41) is 3.39. The summed E-state index contributed by atoms with van der Waals surface area (Å²) in [6, 6.07) is 0.735. The molecule has 0 aromatic carbocycles. The smallest absolute Gasteiger partial charge is 0.229 e. The van der Waals surface area contributed by atoms with Gasteiger partial charge < -0.3 is 15.1 Å². The summed E-state index contributed by atoms with van der Waals surface area (Å²) in [5.74, 6) is 0.393. The van der Waals surface area contributed by atoms with Gasteiger partial charge in [0.25, 0.3) is 0 Å². The van der Waals surface area contributed by atoms with Crippen LogP contribution in [0.1, 0.15) is 45.4 Å². The molecule has 3 heterocycles. The van der Waals surface area contributed by atoms with E-state index in [-0.39, 0.29) is 30.2 Å². The highest BCUT2D eigenvalue weighted by Crippen LogP contribution is 2.30. The van der Waals surface area contributed by atoms with Crippen LogP contribution < -0.4 is 5.32 Å². The Balaban J connectivity index is 0.00000121. The van der Waals surface area contributed by atoms with Crippen LogP contribution in [0.15, 0.2) is 0 Å². The van der Waals surface area contributed by atoms with E-state index in [9.17, 15) is 4.79 Å². The number of amides is 1. The van der Waals surface area contributed by atoms with Crippen LogP contribution in [0.3, 0.4) is 0 Å². The predicted octanol–water partition coefficient (Wildman–Crippen LogP) is 2.31. The molecule has 0 aromatic heterocycles. The Morgan fingerprint density at radius 1 is 1.05 bits per heavy atom. The molecular formula is C16H31Cl2N3O. The molecule has 0 radical (unpaired) electrons. The van der Waals surface area contributed by atoms with E-state index in [0.29, 0.717) is 5.91 Å². The maximum atomic E-state index is 12.8. The van der Waals surface area contributed by atoms with Gasteiger partial charge in [0.2, 0.25) is 5.91 Å². The van der Waals surface area contributed by atoms with Crippen LogP contribution in [0.25, 0.3) is 0 Å². The lowest BCUT2D eigenvalue weighted by molar-refractivity contribution is -0.143. The third-order valence-corrected chi connectivity index (χ3v) is 5.52. The zero-order valence-electron chi connectivity index (χ0n) is 13.7. The fraction of sp³-hybridized carbons (Fsp3) is 0.938. The number of rotatable bonds is 2. The lowest BCUT2D eigenvalue weighted by Crippen LogP contribution is -2.53. The summed E-state index contributed by atoms with van der Waals surface area (Å²) in [6.07, 6.45) is 7.26. The van der Waals surface area contributed by atoms with E-state index in [1.54, 1.807) is 0 Å². The summed E-state index contributed by atoms with van der Waals surface area (Å²) in [5.41, 5.74) is -0.154. The number of halogens is 2. The molecule has 1 amide bonds. The third kappa shape index (κ3) is 4.28. The van der Waals surface area contributed by atoms with Crippen molar-refractivity contribution in [2.75, 3.05) is 39.3 Å². The zero-order chi connectivity index (χ0) is 14.0. The molecule has 3 saturated heterocycles. The highest BCUT2D eigenvalue weighted by Gasteiger charge is 2.39. The first-order chi connectivity index (χ1) is 9.69. The van der Waals surface area contributed by atoms with Gasteiger partial charge in [0, 0.05) is 25.7 Å². The normalized spacial score (nSPS) is 30.5. The van der Waals surface area contributed by atoms with Crippen LogP contribution in [-0.4, -0.2) is 61.0 Å². The third-order valence-electron chi connectivity index (χ3n) is 5.52. The minimum atomic E-state index is -0.154. The van der Waals surface area contributed by atoms with E-state index in [1.165, 1.54) is 38.8 Å². The van der Waals surface area contributed by atoms with Gasteiger partial charge in [0.05, 0.1) is 5.41 Å². The van der Waals surface area contributed by atoms with Crippen molar-refractivity contribution < 1.29 is 4.79 Å². The fourth-order valence-corrected chi connectivity index (χ4v) is 4.16. The first-order valence-electron chi connectivity index (χ1n) is 8.43. The molecule has 0 aliphatic carbocycles. The van der Waals surface area contributed by atoms with Crippen molar-refractivity contribution in [3.8, 4) is 0 Å². The molecule has 3 rings (SSSR count). The van der Waals surface area contributed by atoms with Crippen molar-refractivity contribution in [1.82, 2.24) is 15.1 Å². The van der Waals surface area contributed by atoms with Crippen LogP contribution in [0.5, 0.6) is 0 Å². The molecule has 0 aromatic rings. The zero-order valence-corrected chi connectivity index (χ0v) is 15.3. The Bertz CT molecular complexity index is 347. The topological polar surface area (TPSA) is 35.6 Å². The fourth-order valence-electron chi connectivity index (χ4n) is 4.16. The van der Waals surface area contributed by atoms with Gasteiger partial charge >= 0.3 is 0 Å². The van der Waals surface area contributed by atoms with Gasteiger partial charge in [-0.15, -0.1) is 24.8 Å². The van der Waals surface area contributed by atoms with Gasteiger partial charge in [0.1, 0.15) is 0 Å².